The van der Waals surface area contributed by atoms with Crippen molar-refractivity contribution in [2.24, 2.45) is 0 Å². The van der Waals surface area contributed by atoms with Gasteiger partial charge < -0.3 is 20.1 Å². The number of hydrogen-bond acceptors (Lipinski definition) is 6. The van der Waals surface area contributed by atoms with Crippen molar-refractivity contribution < 1.29 is 14.3 Å². The van der Waals surface area contributed by atoms with Crippen molar-refractivity contribution in [2.45, 2.75) is 26.8 Å². The number of rotatable bonds is 6. The van der Waals surface area contributed by atoms with Gasteiger partial charge in [0.1, 0.15) is 17.2 Å². The summed E-state index contributed by atoms with van der Waals surface area (Å²) in [4.78, 5) is 21.1. The number of benzene rings is 1. The van der Waals surface area contributed by atoms with Crippen LogP contribution < -0.4 is 20.1 Å². The molecule has 2 rings (SSSR count). The van der Waals surface area contributed by atoms with Gasteiger partial charge in [-0.25, -0.2) is 9.97 Å². The Labute approximate surface area is 141 Å². The van der Waals surface area contributed by atoms with Gasteiger partial charge in [-0.15, -0.1) is 0 Å². The topological polar surface area (TPSA) is 85.4 Å². The normalized spacial score (nSPS) is 10.4. The SMILES string of the molecule is COc1ccc(OC)c(NC(=O)c2cc(C)nc(NC(C)C)n2)c1. The minimum Gasteiger partial charge on any atom is -0.497 e. The molecule has 1 amide bonds. The molecule has 0 unspecified atom stereocenters. The molecule has 7 heteroatoms. The molecule has 0 spiro atoms. The van der Waals surface area contributed by atoms with Crippen molar-refractivity contribution in [3.63, 3.8) is 0 Å². The molecule has 0 saturated carbocycles. The third-order valence-electron chi connectivity index (χ3n) is 3.16. The lowest BCUT2D eigenvalue weighted by molar-refractivity contribution is 0.102. The number of hydrogen-bond donors (Lipinski definition) is 2. The molecular formula is C17H22N4O3. The van der Waals surface area contributed by atoms with Crippen LogP contribution in [0.1, 0.15) is 30.0 Å². The quantitative estimate of drug-likeness (QED) is 0.847. The molecule has 7 nitrogen and oxygen atoms in total. The predicted octanol–water partition coefficient (Wildman–Crippen LogP) is 2.87. The first-order chi connectivity index (χ1) is 11.4. The molecule has 0 radical (unpaired) electrons. The molecule has 0 fully saturated rings. The Bertz CT molecular complexity index is 732. The molecule has 0 aliphatic rings. The molecular weight excluding hydrogens is 308 g/mol. The zero-order valence-electron chi connectivity index (χ0n) is 14.5. The standard InChI is InChI=1S/C17H22N4O3/c1-10(2)18-17-19-11(3)8-14(21-17)16(22)20-13-9-12(23-4)6-7-15(13)24-5/h6-10H,1-5H3,(H,20,22)(H,18,19,21). The zero-order valence-corrected chi connectivity index (χ0v) is 14.5. The van der Waals surface area contributed by atoms with E-state index < -0.39 is 0 Å². The number of amides is 1. The van der Waals surface area contributed by atoms with Gasteiger partial charge in [0.25, 0.3) is 5.91 Å². The fourth-order valence-corrected chi connectivity index (χ4v) is 2.11. The van der Waals surface area contributed by atoms with Crippen LogP contribution in [0, 0.1) is 6.92 Å². The Balaban J connectivity index is 2.28. The van der Waals surface area contributed by atoms with Crippen LogP contribution in [0.2, 0.25) is 0 Å². The Hall–Kier alpha value is -2.83. The fourth-order valence-electron chi connectivity index (χ4n) is 2.11. The molecule has 0 aliphatic heterocycles. The van der Waals surface area contributed by atoms with Gasteiger partial charge in [0.15, 0.2) is 0 Å². The summed E-state index contributed by atoms with van der Waals surface area (Å²) in [6, 6.07) is 6.98. The Morgan fingerprint density at radius 3 is 2.50 bits per heavy atom. The molecule has 1 heterocycles. The van der Waals surface area contributed by atoms with Gasteiger partial charge in [0.05, 0.1) is 19.9 Å². The van der Waals surface area contributed by atoms with E-state index in [0.29, 0.717) is 28.8 Å². The van der Waals surface area contributed by atoms with E-state index in [1.807, 2.05) is 20.8 Å². The summed E-state index contributed by atoms with van der Waals surface area (Å²) in [5, 5.41) is 5.90. The maximum absolute atomic E-state index is 12.5. The summed E-state index contributed by atoms with van der Waals surface area (Å²) in [7, 11) is 3.10. The lowest BCUT2D eigenvalue weighted by atomic mass is 10.2. The van der Waals surface area contributed by atoms with Gasteiger partial charge >= 0.3 is 0 Å². The average Bonchev–Trinajstić information content (AvgIpc) is 2.53. The van der Waals surface area contributed by atoms with E-state index in [0.717, 1.165) is 0 Å². The second-order valence-corrected chi connectivity index (χ2v) is 5.54. The highest BCUT2D eigenvalue weighted by Crippen LogP contribution is 2.29. The minimum atomic E-state index is -0.348. The summed E-state index contributed by atoms with van der Waals surface area (Å²) in [6.45, 7) is 5.77. The highest BCUT2D eigenvalue weighted by Gasteiger charge is 2.14. The first-order valence-corrected chi connectivity index (χ1v) is 7.58. The molecule has 1 aromatic carbocycles. The third-order valence-corrected chi connectivity index (χ3v) is 3.16. The number of aromatic nitrogens is 2. The van der Waals surface area contributed by atoms with Crippen LogP contribution in [0.3, 0.4) is 0 Å². The maximum atomic E-state index is 12.5. The van der Waals surface area contributed by atoms with E-state index in [1.54, 1.807) is 31.4 Å². The van der Waals surface area contributed by atoms with Crippen LogP contribution in [-0.4, -0.2) is 36.1 Å². The highest BCUT2D eigenvalue weighted by molar-refractivity contribution is 6.04. The molecule has 0 aliphatic carbocycles. The van der Waals surface area contributed by atoms with Crippen molar-refractivity contribution in [2.75, 3.05) is 24.9 Å². The average molecular weight is 330 g/mol. The largest absolute Gasteiger partial charge is 0.497 e. The summed E-state index contributed by atoms with van der Waals surface area (Å²) in [5.41, 5.74) is 1.49. The summed E-state index contributed by atoms with van der Waals surface area (Å²) >= 11 is 0. The first kappa shape index (κ1) is 17.5. The van der Waals surface area contributed by atoms with Gasteiger partial charge in [-0.1, -0.05) is 0 Å². The van der Waals surface area contributed by atoms with Crippen LogP contribution >= 0.6 is 0 Å². The van der Waals surface area contributed by atoms with Crippen LogP contribution in [0.5, 0.6) is 11.5 Å². The van der Waals surface area contributed by atoms with Gasteiger partial charge in [0, 0.05) is 17.8 Å². The fraction of sp³-hybridized carbons (Fsp3) is 0.353. The second-order valence-electron chi connectivity index (χ2n) is 5.54. The Morgan fingerprint density at radius 1 is 1.12 bits per heavy atom. The van der Waals surface area contributed by atoms with E-state index in [9.17, 15) is 4.79 Å². The lowest BCUT2D eigenvalue weighted by Crippen LogP contribution is -2.18. The number of aryl methyl sites for hydroxylation is 1. The van der Waals surface area contributed by atoms with E-state index >= 15 is 0 Å². The minimum absolute atomic E-state index is 0.168. The Kier molecular flexibility index (Phi) is 5.57. The molecule has 0 bridgehead atoms. The van der Waals surface area contributed by atoms with Crippen molar-refractivity contribution in [1.29, 1.82) is 0 Å². The number of carbonyl (C=O) groups is 1. The van der Waals surface area contributed by atoms with Crippen molar-refractivity contribution in [3.8, 4) is 11.5 Å². The molecule has 128 valence electrons. The molecule has 0 saturated heterocycles. The molecule has 2 N–H and O–H groups in total. The number of nitrogens with zero attached hydrogens (tertiary/aromatic N) is 2. The molecule has 24 heavy (non-hydrogen) atoms. The maximum Gasteiger partial charge on any atom is 0.274 e. The third kappa shape index (κ3) is 4.34. The number of nitrogens with one attached hydrogen (secondary N) is 2. The van der Waals surface area contributed by atoms with E-state index in [-0.39, 0.29) is 17.6 Å². The van der Waals surface area contributed by atoms with E-state index in [1.165, 1.54) is 7.11 Å². The number of methoxy groups -OCH3 is 2. The molecule has 1 aromatic heterocycles. The Morgan fingerprint density at radius 2 is 1.88 bits per heavy atom. The zero-order chi connectivity index (χ0) is 17.7. The van der Waals surface area contributed by atoms with Crippen LogP contribution in [-0.2, 0) is 0 Å². The summed E-state index contributed by atoms with van der Waals surface area (Å²) in [6.07, 6.45) is 0. The molecule has 2 aromatic rings. The number of ether oxygens (including phenoxy) is 2. The van der Waals surface area contributed by atoms with Crippen LogP contribution in [0.15, 0.2) is 24.3 Å². The molecule has 0 atom stereocenters. The predicted molar refractivity (Wildman–Crippen MR) is 93.0 cm³/mol. The monoisotopic (exact) mass is 330 g/mol. The van der Waals surface area contributed by atoms with Crippen molar-refractivity contribution in [1.82, 2.24) is 9.97 Å². The second kappa shape index (κ2) is 7.63. The van der Waals surface area contributed by atoms with E-state index in [2.05, 4.69) is 20.6 Å². The summed E-state index contributed by atoms with van der Waals surface area (Å²) in [5.74, 6) is 1.23. The first-order valence-electron chi connectivity index (χ1n) is 7.58. The smallest absolute Gasteiger partial charge is 0.274 e. The number of anilines is 2. The highest BCUT2D eigenvalue weighted by atomic mass is 16.5. The van der Waals surface area contributed by atoms with Crippen molar-refractivity contribution >= 4 is 17.5 Å². The van der Waals surface area contributed by atoms with E-state index in [4.69, 9.17) is 9.47 Å². The van der Waals surface area contributed by atoms with Crippen LogP contribution in [0.25, 0.3) is 0 Å². The van der Waals surface area contributed by atoms with Gasteiger partial charge in [-0.3, -0.25) is 4.79 Å². The van der Waals surface area contributed by atoms with Gasteiger partial charge in [0.2, 0.25) is 5.95 Å². The van der Waals surface area contributed by atoms with Gasteiger partial charge in [-0.2, -0.15) is 0 Å². The number of carbonyl (C=O) groups excluding carboxylic acids is 1. The van der Waals surface area contributed by atoms with Crippen LogP contribution in [0.4, 0.5) is 11.6 Å². The van der Waals surface area contributed by atoms with Crippen molar-refractivity contribution in [3.05, 3.63) is 35.7 Å². The summed E-state index contributed by atoms with van der Waals surface area (Å²) < 4.78 is 10.4. The lowest BCUT2D eigenvalue weighted by Gasteiger charge is -2.13. The van der Waals surface area contributed by atoms with Gasteiger partial charge in [-0.05, 0) is 39.0 Å².